The first-order chi connectivity index (χ1) is 18.4. The van der Waals surface area contributed by atoms with Crippen LogP contribution in [0.3, 0.4) is 0 Å². The second-order valence-corrected chi connectivity index (χ2v) is 9.57. The number of nitrogens with zero attached hydrogens (tertiary/aromatic N) is 3. The van der Waals surface area contributed by atoms with E-state index in [2.05, 4.69) is 25.7 Å². The second kappa shape index (κ2) is 13.3. The highest BCUT2D eigenvalue weighted by Crippen LogP contribution is 2.32. The molecule has 7 heteroatoms. The average molecular weight is 518 g/mol. The molecule has 0 unspecified atom stereocenters. The van der Waals surface area contributed by atoms with Crippen molar-refractivity contribution in [3.63, 3.8) is 0 Å². The molecule has 0 aliphatic carbocycles. The third-order valence-electron chi connectivity index (χ3n) is 6.34. The van der Waals surface area contributed by atoms with Gasteiger partial charge in [0, 0.05) is 19.1 Å². The fourth-order valence-electron chi connectivity index (χ4n) is 4.25. The lowest BCUT2D eigenvalue weighted by molar-refractivity contribution is 0.00299. The fraction of sp³-hybridized carbons (Fsp3) is 0.323. The summed E-state index contributed by atoms with van der Waals surface area (Å²) >= 11 is 0. The van der Waals surface area contributed by atoms with E-state index < -0.39 is 6.10 Å². The number of benzene rings is 3. The van der Waals surface area contributed by atoms with Gasteiger partial charge in [-0.3, -0.25) is 4.90 Å². The highest BCUT2D eigenvalue weighted by Gasteiger charge is 2.25. The van der Waals surface area contributed by atoms with Crippen LogP contribution in [-0.2, 0) is 24.3 Å². The van der Waals surface area contributed by atoms with Gasteiger partial charge in [0.2, 0.25) is 5.88 Å². The molecule has 4 aromatic rings. The average Bonchev–Trinajstić information content (AvgIpc) is 3.26. The Labute approximate surface area is 224 Å². The zero-order chi connectivity index (χ0) is 26.9. The van der Waals surface area contributed by atoms with Crippen LogP contribution in [0.15, 0.2) is 84.9 Å². The quantitative estimate of drug-likeness (QED) is 0.230. The number of aromatic nitrogens is 2. The Morgan fingerprint density at radius 3 is 2.24 bits per heavy atom. The first kappa shape index (κ1) is 27.5. The van der Waals surface area contributed by atoms with E-state index in [9.17, 15) is 9.50 Å². The predicted octanol–water partition coefficient (Wildman–Crippen LogP) is 6.15. The molecule has 0 saturated heterocycles. The number of halogens is 1. The van der Waals surface area contributed by atoms with Crippen LogP contribution < -0.4 is 4.74 Å². The number of hydrogen-bond donors (Lipinski definition) is 1. The van der Waals surface area contributed by atoms with Gasteiger partial charge in [-0.25, -0.2) is 9.07 Å². The van der Waals surface area contributed by atoms with Crippen molar-refractivity contribution in [3.05, 3.63) is 108 Å². The van der Waals surface area contributed by atoms with E-state index in [1.807, 2.05) is 60.7 Å². The number of para-hydroxylation sites is 1. The van der Waals surface area contributed by atoms with Crippen LogP contribution in [0.25, 0.3) is 5.69 Å². The summed E-state index contributed by atoms with van der Waals surface area (Å²) < 4.78 is 27.6. The molecule has 1 aromatic heterocycles. The van der Waals surface area contributed by atoms with E-state index in [-0.39, 0.29) is 18.5 Å². The van der Waals surface area contributed by atoms with Gasteiger partial charge >= 0.3 is 0 Å². The van der Waals surface area contributed by atoms with E-state index in [4.69, 9.17) is 14.6 Å². The molecule has 1 N–H and O–H groups in total. The van der Waals surface area contributed by atoms with Crippen LogP contribution in [-0.4, -0.2) is 45.1 Å². The number of hydrogen-bond acceptors (Lipinski definition) is 5. The van der Waals surface area contributed by atoms with Gasteiger partial charge in [0.15, 0.2) is 0 Å². The summed E-state index contributed by atoms with van der Waals surface area (Å²) in [4.78, 5) is 2.19. The molecule has 3 aromatic carbocycles. The SMILES string of the molecule is CCc1nn(-c2ccc(F)cc2)c(Oc2ccccc2)c1CN(C[C@@H](O)COCc1ccccc1)C(C)C. The lowest BCUT2D eigenvalue weighted by Gasteiger charge is -2.29. The van der Waals surface area contributed by atoms with Crippen molar-refractivity contribution >= 4 is 0 Å². The van der Waals surface area contributed by atoms with E-state index in [1.54, 1.807) is 16.8 Å². The van der Waals surface area contributed by atoms with E-state index in [1.165, 1.54) is 12.1 Å². The maximum absolute atomic E-state index is 13.7. The molecule has 0 amide bonds. The molecule has 0 spiro atoms. The minimum Gasteiger partial charge on any atom is -0.439 e. The van der Waals surface area contributed by atoms with Gasteiger partial charge in [0.05, 0.1) is 36.3 Å². The number of ether oxygens (including phenoxy) is 2. The zero-order valence-corrected chi connectivity index (χ0v) is 22.3. The first-order valence-corrected chi connectivity index (χ1v) is 13.1. The molecule has 0 radical (unpaired) electrons. The largest absolute Gasteiger partial charge is 0.439 e. The minimum atomic E-state index is -0.656. The summed E-state index contributed by atoms with van der Waals surface area (Å²) in [6.07, 6.45) is 0.0421. The summed E-state index contributed by atoms with van der Waals surface area (Å²) in [6, 6.07) is 25.9. The van der Waals surface area contributed by atoms with Crippen molar-refractivity contribution in [1.82, 2.24) is 14.7 Å². The van der Waals surface area contributed by atoms with Crippen molar-refractivity contribution in [3.8, 4) is 17.3 Å². The Kier molecular flexibility index (Phi) is 9.65. The molecular formula is C31H36FN3O3. The smallest absolute Gasteiger partial charge is 0.227 e. The Morgan fingerprint density at radius 1 is 0.947 bits per heavy atom. The molecule has 200 valence electrons. The van der Waals surface area contributed by atoms with Gasteiger partial charge in [0.1, 0.15) is 11.6 Å². The van der Waals surface area contributed by atoms with Gasteiger partial charge in [-0.2, -0.15) is 5.10 Å². The Bertz CT molecular complexity index is 1260. The zero-order valence-electron chi connectivity index (χ0n) is 22.3. The fourth-order valence-corrected chi connectivity index (χ4v) is 4.25. The van der Waals surface area contributed by atoms with Gasteiger partial charge in [-0.05, 0) is 62.2 Å². The molecule has 0 saturated carbocycles. The van der Waals surface area contributed by atoms with Crippen molar-refractivity contribution in [2.24, 2.45) is 0 Å². The second-order valence-electron chi connectivity index (χ2n) is 9.57. The monoisotopic (exact) mass is 517 g/mol. The van der Waals surface area contributed by atoms with Crippen molar-refractivity contribution in [2.75, 3.05) is 13.2 Å². The van der Waals surface area contributed by atoms with Crippen molar-refractivity contribution < 1.29 is 19.0 Å². The molecule has 0 fully saturated rings. The molecule has 1 atom stereocenters. The summed E-state index contributed by atoms with van der Waals surface area (Å²) in [5.41, 5.74) is 3.61. The number of rotatable bonds is 13. The standard InChI is InChI=1S/C31H36FN3O3/c1-4-30-29(20-34(23(2)3)19-27(36)22-37-21-24-11-7-5-8-12-24)31(38-28-13-9-6-10-14-28)35(33-30)26-17-15-25(32)16-18-26/h5-18,23,27,36H,4,19-22H2,1-3H3/t27-/m1/s1. The Balaban J connectivity index is 1.57. The normalized spacial score (nSPS) is 12.3. The van der Waals surface area contributed by atoms with Gasteiger partial charge in [-0.15, -0.1) is 0 Å². The summed E-state index contributed by atoms with van der Waals surface area (Å²) in [5, 5.41) is 15.7. The predicted molar refractivity (Wildman–Crippen MR) is 147 cm³/mol. The van der Waals surface area contributed by atoms with E-state index >= 15 is 0 Å². The maximum atomic E-state index is 13.7. The van der Waals surface area contributed by atoms with Gasteiger partial charge in [-0.1, -0.05) is 55.5 Å². The van der Waals surface area contributed by atoms with Crippen molar-refractivity contribution in [2.45, 2.75) is 52.5 Å². The molecule has 0 aliphatic rings. The molecule has 0 aliphatic heterocycles. The number of aryl methyl sites for hydroxylation is 1. The van der Waals surface area contributed by atoms with Crippen LogP contribution in [0.2, 0.25) is 0 Å². The Hall–Kier alpha value is -3.52. The number of aliphatic hydroxyl groups excluding tert-OH is 1. The number of aliphatic hydroxyl groups is 1. The molecule has 6 nitrogen and oxygen atoms in total. The summed E-state index contributed by atoms with van der Waals surface area (Å²) in [6.45, 7) is 7.91. The molecule has 38 heavy (non-hydrogen) atoms. The first-order valence-electron chi connectivity index (χ1n) is 13.1. The van der Waals surface area contributed by atoms with Crippen LogP contribution in [0.1, 0.15) is 37.6 Å². The highest BCUT2D eigenvalue weighted by molar-refractivity contribution is 5.44. The summed E-state index contributed by atoms with van der Waals surface area (Å²) in [5.74, 6) is 0.960. The van der Waals surface area contributed by atoms with Crippen molar-refractivity contribution in [1.29, 1.82) is 0 Å². The third kappa shape index (κ3) is 7.28. The maximum Gasteiger partial charge on any atom is 0.227 e. The molecular weight excluding hydrogens is 481 g/mol. The van der Waals surface area contributed by atoms with E-state index in [0.29, 0.717) is 43.4 Å². The van der Waals surface area contributed by atoms with Gasteiger partial charge < -0.3 is 14.6 Å². The lowest BCUT2D eigenvalue weighted by Crippen LogP contribution is -2.39. The van der Waals surface area contributed by atoms with Crippen LogP contribution >= 0.6 is 0 Å². The molecule has 1 heterocycles. The molecule has 4 rings (SSSR count). The topological polar surface area (TPSA) is 59.8 Å². The summed E-state index contributed by atoms with van der Waals surface area (Å²) in [7, 11) is 0. The Morgan fingerprint density at radius 2 is 1.61 bits per heavy atom. The molecule has 0 bridgehead atoms. The van der Waals surface area contributed by atoms with Crippen LogP contribution in [0.4, 0.5) is 4.39 Å². The third-order valence-corrected chi connectivity index (χ3v) is 6.34. The van der Waals surface area contributed by atoms with Crippen LogP contribution in [0, 0.1) is 5.82 Å². The van der Waals surface area contributed by atoms with Crippen LogP contribution in [0.5, 0.6) is 11.6 Å². The van der Waals surface area contributed by atoms with E-state index in [0.717, 1.165) is 16.8 Å². The van der Waals surface area contributed by atoms with Gasteiger partial charge in [0.25, 0.3) is 0 Å². The minimum absolute atomic E-state index is 0.155. The lowest BCUT2D eigenvalue weighted by atomic mass is 10.1. The highest BCUT2D eigenvalue weighted by atomic mass is 19.1.